The van der Waals surface area contributed by atoms with Crippen LogP contribution in [0.1, 0.15) is 26.2 Å². The molecule has 20 heavy (non-hydrogen) atoms. The van der Waals surface area contributed by atoms with Crippen LogP contribution in [0.2, 0.25) is 0 Å². The van der Waals surface area contributed by atoms with Crippen molar-refractivity contribution in [1.82, 2.24) is 0 Å². The minimum atomic E-state index is -1.53. The molecule has 0 saturated carbocycles. The number of carbonyl (C=O) groups excluding carboxylic acids is 1. The standard InChI is InChI=1S/C14H18O6/c1-9(2)12(17)20-8-7-14(13(18)19)6-4-3-5-10(14)11(15)16/h4,6,10H,1,3,5,7-8H2,2H3,(H,15,16)(H,18,19). The Morgan fingerprint density at radius 1 is 1.40 bits per heavy atom. The number of allylic oxidation sites excluding steroid dienone is 1. The molecule has 0 saturated heterocycles. The van der Waals surface area contributed by atoms with Crippen LogP contribution in [0.5, 0.6) is 0 Å². The van der Waals surface area contributed by atoms with Gasteiger partial charge in [0.15, 0.2) is 0 Å². The molecule has 0 radical (unpaired) electrons. The molecule has 0 aliphatic heterocycles. The minimum Gasteiger partial charge on any atom is -0.481 e. The Morgan fingerprint density at radius 3 is 2.55 bits per heavy atom. The van der Waals surface area contributed by atoms with Crippen molar-refractivity contribution in [3.63, 3.8) is 0 Å². The van der Waals surface area contributed by atoms with Crippen LogP contribution < -0.4 is 0 Å². The molecule has 0 bridgehead atoms. The summed E-state index contributed by atoms with van der Waals surface area (Å²) in [6.45, 7) is 4.74. The Labute approximate surface area is 116 Å². The predicted molar refractivity (Wildman–Crippen MR) is 70.0 cm³/mol. The second-order valence-electron chi connectivity index (χ2n) is 4.88. The first kappa shape index (κ1) is 15.9. The zero-order valence-electron chi connectivity index (χ0n) is 11.3. The minimum absolute atomic E-state index is 0.0746. The van der Waals surface area contributed by atoms with E-state index in [2.05, 4.69) is 6.58 Å². The van der Waals surface area contributed by atoms with Gasteiger partial charge in [0.2, 0.25) is 0 Å². The summed E-state index contributed by atoms with van der Waals surface area (Å²) in [6, 6.07) is 0. The lowest BCUT2D eigenvalue weighted by Crippen LogP contribution is -2.43. The van der Waals surface area contributed by atoms with E-state index >= 15 is 0 Å². The number of aliphatic carboxylic acids is 2. The summed E-state index contributed by atoms with van der Waals surface area (Å²) >= 11 is 0. The molecular weight excluding hydrogens is 264 g/mol. The highest BCUT2D eigenvalue weighted by atomic mass is 16.5. The molecule has 1 rings (SSSR count). The quantitative estimate of drug-likeness (QED) is 0.436. The molecule has 0 fully saturated rings. The van der Waals surface area contributed by atoms with E-state index in [9.17, 15) is 24.6 Å². The van der Waals surface area contributed by atoms with Gasteiger partial charge in [-0.2, -0.15) is 0 Å². The van der Waals surface area contributed by atoms with E-state index in [-0.39, 0.29) is 25.0 Å². The van der Waals surface area contributed by atoms with E-state index in [1.807, 2.05) is 0 Å². The van der Waals surface area contributed by atoms with E-state index in [0.717, 1.165) is 0 Å². The van der Waals surface area contributed by atoms with E-state index < -0.39 is 29.2 Å². The molecule has 2 N–H and O–H groups in total. The molecule has 0 aromatic rings. The molecule has 0 aromatic carbocycles. The highest BCUT2D eigenvalue weighted by Gasteiger charge is 2.48. The van der Waals surface area contributed by atoms with Gasteiger partial charge in [-0.3, -0.25) is 9.59 Å². The van der Waals surface area contributed by atoms with Crippen molar-refractivity contribution in [2.24, 2.45) is 11.3 Å². The molecule has 2 unspecified atom stereocenters. The van der Waals surface area contributed by atoms with Crippen molar-refractivity contribution < 1.29 is 29.3 Å². The van der Waals surface area contributed by atoms with Gasteiger partial charge < -0.3 is 14.9 Å². The number of carboxylic acid groups (broad SMARTS) is 2. The van der Waals surface area contributed by atoms with Crippen molar-refractivity contribution in [2.45, 2.75) is 26.2 Å². The summed E-state index contributed by atoms with van der Waals surface area (Å²) in [5.74, 6) is -4.00. The topological polar surface area (TPSA) is 101 Å². The van der Waals surface area contributed by atoms with Gasteiger partial charge in [0.1, 0.15) is 5.41 Å². The lowest BCUT2D eigenvalue weighted by atomic mass is 9.68. The third kappa shape index (κ3) is 3.26. The molecule has 2 atom stereocenters. The summed E-state index contributed by atoms with van der Waals surface area (Å²) in [7, 11) is 0. The molecule has 0 aromatic heterocycles. The number of hydrogen-bond donors (Lipinski definition) is 2. The number of carboxylic acids is 2. The molecule has 0 spiro atoms. The highest BCUT2D eigenvalue weighted by molar-refractivity contribution is 5.87. The van der Waals surface area contributed by atoms with E-state index in [1.165, 1.54) is 13.0 Å². The van der Waals surface area contributed by atoms with Crippen LogP contribution in [0.4, 0.5) is 0 Å². The number of hydrogen-bond acceptors (Lipinski definition) is 4. The molecule has 0 heterocycles. The van der Waals surface area contributed by atoms with Crippen LogP contribution in [0.15, 0.2) is 24.3 Å². The largest absolute Gasteiger partial charge is 0.481 e. The first-order valence-electron chi connectivity index (χ1n) is 6.28. The smallest absolute Gasteiger partial charge is 0.333 e. The van der Waals surface area contributed by atoms with Crippen LogP contribution in [0.3, 0.4) is 0 Å². The number of carbonyl (C=O) groups is 3. The number of esters is 1. The van der Waals surface area contributed by atoms with Gasteiger partial charge in [-0.15, -0.1) is 0 Å². The lowest BCUT2D eigenvalue weighted by molar-refractivity contribution is -0.162. The van der Waals surface area contributed by atoms with Crippen molar-refractivity contribution in [3.8, 4) is 0 Å². The second-order valence-corrected chi connectivity index (χ2v) is 4.88. The number of rotatable bonds is 6. The molecule has 1 aliphatic rings. The monoisotopic (exact) mass is 282 g/mol. The summed E-state index contributed by atoms with van der Waals surface area (Å²) in [5.41, 5.74) is -1.32. The molecule has 1 aliphatic carbocycles. The third-order valence-corrected chi connectivity index (χ3v) is 3.45. The zero-order valence-corrected chi connectivity index (χ0v) is 11.3. The average Bonchev–Trinajstić information content (AvgIpc) is 2.38. The Balaban J connectivity index is 2.86. The molecule has 0 amide bonds. The molecule has 6 heteroatoms. The predicted octanol–water partition coefficient (Wildman–Crippen LogP) is 1.62. The zero-order chi connectivity index (χ0) is 15.3. The molecule has 6 nitrogen and oxygen atoms in total. The van der Waals surface area contributed by atoms with Gasteiger partial charge >= 0.3 is 17.9 Å². The van der Waals surface area contributed by atoms with Crippen LogP contribution in [-0.4, -0.2) is 34.7 Å². The van der Waals surface area contributed by atoms with Crippen LogP contribution >= 0.6 is 0 Å². The fourth-order valence-corrected chi connectivity index (χ4v) is 2.29. The maximum absolute atomic E-state index is 11.5. The summed E-state index contributed by atoms with van der Waals surface area (Å²) in [6.07, 6.45) is 3.78. The Hall–Kier alpha value is -2.11. The average molecular weight is 282 g/mol. The third-order valence-electron chi connectivity index (χ3n) is 3.45. The molecule has 110 valence electrons. The maximum atomic E-state index is 11.5. The lowest BCUT2D eigenvalue weighted by Gasteiger charge is -2.34. The second kappa shape index (κ2) is 6.36. The SMILES string of the molecule is C=C(C)C(=O)OCCC1(C(=O)O)C=CCCC1C(=O)O. The normalized spacial score (nSPS) is 24.9. The Kier molecular flexibility index (Phi) is 5.07. The highest BCUT2D eigenvalue weighted by Crippen LogP contribution is 2.40. The summed E-state index contributed by atoms with van der Waals surface area (Å²) in [5, 5.41) is 18.6. The fourth-order valence-electron chi connectivity index (χ4n) is 2.29. The van der Waals surface area contributed by atoms with E-state index in [0.29, 0.717) is 6.42 Å². The molecular formula is C14H18O6. The van der Waals surface area contributed by atoms with Crippen LogP contribution in [0.25, 0.3) is 0 Å². The first-order chi connectivity index (χ1) is 9.31. The first-order valence-corrected chi connectivity index (χ1v) is 6.28. The van der Waals surface area contributed by atoms with Crippen molar-refractivity contribution in [3.05, 3.63) is 24.3 Å². The Bertz CT molecular complexity index is 464. The van der Waals surface area contributed by atoms with Gasteiger partial charge in [0.25, 0.3) is 0 Å². The van der Waals surface area contributed by atoms with Crippen LogP contribution in [-0.2, 0) is 19.1 Å². The van der Waals surface area contributed by atoms with Gasteiger partial charge in [0, 0.05) is 12.0 Å². The van der Waals surface area contributed by atoms with Gasteiger partial charge in [0.05, 0.1) is 12.5 Å². The van der Waals surface area contributed by atoms with E-state index in [1.54, 1.807) is 6.08 Å². The Morgan fingerprint density at radius 2 is 2.05 bits per heavy atom. The summed E-state index contributed by atoms with van der Waals surface area (Å²) < 4.78 is 4.88. The maximum Gasteiger partial charge on any atom is 0.333 e. The van der Waals surface area contributed by atoms with Crippen LogP contribution in [0, 0.1) is 11.3 Å². The van der Waals surface area contributed by atoms with Gasteiger partial charge in [-0.1, -0.05) is 18.7 Å². The summed E-state index contributed by atoms with van der Waals surface area (Å²) in [4.78, 5) is 34.1. The van der Waals surface area contributed by atoms with Gasteiger partial charge in [-0.25, -0.2) is 4.79 Å². The number of ether oxygens (including phenoxy) is 1. The van der Waals surface area contributed by atoms with Crippen molar-refractivity contribution in [2.75, 3.05) is 6.61 Å². The van der Waals surface area contributed by atoms with Gasteiger partial charge in [-0.05, 0) is 19.8 Å². The van der Waals surface area contributed by atoms with Crippen molar-refractivity contribution >= 4 is 17.9 Å². The van der Waals surface area contributed by atoms with Crippen molar-refractivity contribution in [1.29, 1.82) is 0 Å². The van der Waals surface area contributed by atoms with E-state index in [4.69, 9.17) is 4.74 Å². The fraction of sp³-hybridized carbons (Fsp3) is 0.500.